The highest BCUT2D eigenvalue weighted by Gasteiger charge is 2.24. The second-order valence-corrected chi connectivity index (χ2v) is 5.81. The Bertz CT molecular complexity index is 268. The maximum atomic E-state index is 6.02. The van der Waals surface area contributed by atoms with Gasteiger partial charge < -0.3 is 0 Å². The topological polar surface area (TPSA) is 3.24 Å². The average Bonchev–Trinajstić information content (AvgIpc) is 2.54. The van der Waals surface area contributed by atoms with Crippen molar-refractivity contribution in [1.29, 1.82) is 0 Å². The highest BCUT2D eigenvalue weighted by Crippen LogP contribution is 2.38. The fraction of sp³-hybridized carbons (Fsp3) is 0.333. The second-order valence-electron chi connectivity index (χ2n) is 2.73. The molecule has 1 aromatic carbocycles. The van der Waals surface area contributed by atoms with Crippen LogP contribution in [0, 0.1) is 0 Å². The van der Waals surface area contributed by atoms with Crippen LogP contribution in [0.25, 0.3) is 0 Å². The van der Waals surface area contributed by atoms with Gasteiger partial charge in [0.05, 0.1) is 0 Å². The van der Waals surface area contributed by atoms with E-state index in [2.05, 4.69) is 24.3 Å². The van der Waals surface area contributed by atoms with Crippen LogP contribution in [-0.2, 0) is 0 Å². The number of hydrogen-bond donors (Lipinski definition) is 0. The molecular weight excluding hydrogens is 222 g/mol. The van der Waals surface area contributed by atoms with Gasteiger partial charge in [0.2, 0.25) is 0 Å². The summed E-state index contributed by atoms with van der Waals surface area (Å²) in [5.74, 6) is 1.13. The molecule has 0 amide bonds. The van der Waals surface area contributed by atoms with E-state index in [1.807, 2.05) is 34.0 Å². The van der Waals surface area contributed by atoms with Crippen molar-refractivity contribution in [3.63, 3.8) is 0 Å². The van der Waals surface area contributed by atoms with E-state index in [0.717, 1.165) is 12.3 Å². The van der Waals surface area contributed by atoms with E-state index >= 15 is 0 Å². The quantitative estimate of drug-likeness (QED) is 0.720. The third-order valence-electron chi connectivity index (χ3n) is 1.77. The zero-order valence-corrected chi connectivity index (χ0v) is 9.41. The zero-order valence-electron chi connectivity index (χ0n) is 7.02. The van der Waals surface area contributed by atoms with Gasteiger partial charge in [-0.3, -0.25) is 0 Å². The van der Waals surface area contributed by atoms with Crippen LogP contribution in [0.2, 0.25) is 0 Å². The molecule has 0 N–H and O–H groups in total. The van der Waals surface area contributed by atoms with Crippen molar-refractivity contribution in [2.75, 3.05) is 12.3 Å². The second kappa shape index (κ2) is 4.60. The predicted octanol–water partition coefficient (Wildman–Crippen LogP) is 3.26. The van der Waals surface area contributed by atoms with E-state index in [1.54, 1.807) is 0 Å². The minimum Gasteiger partial charge on any atom is -0.196 e. The molecule has 0 saturated carbocycles. The van der Waals surface area contributed by atoms with Crippen molar-refractivity contribution >= 4 is 35.3 Å². The van der Waals surface area contributed by atoms with Crippen molar-refractivity contribution in [3.8, 4) is 0 Å². The Labute approximate surface area is 91.9 Å². The maximum absolute atomic E-state index is 6.02. The number of benzene rings is 1. The van der Waals surface area contributed by atoms with E-state index in [0.29, 0.717) is 4.71 Å². The van der Waals surface area contributed by atoms with E-state index < -0.39 is 0 Å². The van der Waals surface area contributed by atoms with E-state index in [4.69, 9.17) is 11.8 Å². The third-order valence-corrected chi connectivity index (χ3v) is 5.03. The maximum Gasteiger partial charge on any atom is 0.121 e. The first kappa shape index (κ1) is 9.71. The Morgan fingerprint density at radius 3 is 2.77 bits per heavy atom. The molecule has 1 nitrogen and oxygen atoms in total. The molecule has 0 aliphatic carbocycles. The molecule has 2 rings (SSSR count). The van der Waals surface area contributed by atoms with Crippen molar-refractivity contribution in [1.82, 2.24) is 4.42 Å². The standard InChI is InChI=1S/C9H10ClNS2/c10-11-6-7-12-9(11)13-8-4-2-1-3-5-8/h1-5,9H,6-7H2. The first-order valence-corrected chi connectivity index (χ1v) is 6.38. The Morgan fingerprint density at radius 2 is 2.15 bits per heavy atom. The minimum atomic E-state index is 0.379. The van der Waals surface area contributed by atoms with Gasteiger partial charge in [-0.25, -0.2) is 0 Å². The van der Waals surface area contributed by atoms with Crippen LogP contribution in [0.4, 0.5) is 0 Å². The summed E-state index contributed by atoms with van der Waals surface area (Å²) in [7, 11) is 0. The molecule has 1 saturated heterocycles. The summed E-state index contributed by atoms with van der Waals surface area (Å²) in [6.07, 6.45) is 0. The van der Waals surface area contributed by atoms with Crippen LogP contribution in [0.15, 0.2) is 35.2 Å². The molecule has 1 aromatic rings. The monoisotopic (exact) mass is 231 g/mol. The first-order valence-electron chi connectivity index (χ1n) is 4.12. The van der Waals surface area contributed by atoms with Gasteiger partial charge in [-0.1, -0.05) is 30.0 Å². The number of nitrogens with zero attached hydrogens (tertiary/aromatic N) is 1. The molecule has 1 atom stereocenters. The Balaban J connectivity index is 1.98. The summed E-state index contributed by atoms with van der Waals surface area (Å²) in [5, 5.41) is 0. The lowest BCUT2D eigenvalue weighted by Gasteiger charge is -2.14. The Morgan fingerprint density at radius 1 is 1.38 bits per heavy atom. The molecule has 70 valence electrons. The van der Waals surface area contributed by atoms with Gasteiger partial charge in [0.15, 0.2) is 0 Å². The van der Waals surface area contributed by atoms with Crippen molar-refractivity contribution < 1.29 is 0 Å². The highest BCUT2D eigenvalue weighted by molar-refractivity contribution is 8.17. The van der Waals surface area contributed by atoms with Gasteiger partial charge >= 0.3 is 0 Å². The third kappa shape index (κ3) is 2.56. The summed E-state index contributed by atoms with van der Waals surface area (Å²) in [6.45, 7) is 0.983. The highest BCUT2D eigenvalue weighted by atomic mass is 35.5. The first-order chi connectivity index (χ1) is 6.36. The molecule has 4 heteroatoms. The molecule has 13 heavy (non-hydrogen) atoms. The smallest absolute Gasteiger partial charge is 0.121 e. The van der Waals surface area contributed by atoms with Crippen LogP contribution < -0.4 is 0 Å². The molecule has 0 spiro atoms. The fourth-order valence-electron chi connectivity index (χ4n) is 1.13. The molecule has 0 aromatic heterocycles. The van der Waals surface area contributed by atoms with Gasteiger partial charge in [0.25, 0.3) is 0 Å². The van der Waals surface area contributed by atoms with Crippen molar-refractivity contribution in [3.05, 3.63) is 30.3 Å². The SMILES string of the molecule is ClN1CCSC1Sc1ccccc1. The van der Waals surface area contributed by atoms with E-state index in [-0.39, 0.29) is 0 Å². The van der Waals surface area contributed by atoms with Gasteiger partial charge in [0, 0.05) is 17.2 Å². The largest absolute Gasteiger partial charge is 0.196 e. The van der Waals surface area contributed by atoms with Gasteiger partial charge in [-0.2, -0.15) is 4.42 Å². The molecule has 1 aliphatic heterocycles. The summed E-state index contributed by atoms with van der Waals surface area (Å²) in [6, 6.07) is 10.4. The fourth-order valence-corrected chi connectivity index (χ4v) is 4.04. The van der Waals surface area contributed by atoms with Gasteiger partial charge in [-0.15, -0.1) is 11.8 Å². The predicted molar refractivity (Wildman–Crippen MR) is 61.1 cm³/mol. The van der Waals surface area contributed by atoms with Crippen molar-refractivity contribution in [2.24, 2.45) is 0 Å². The summed E-state index contributed by atoms with van der Waals surface area (Å²) in [4.78, 5) is 1.28. The van der Waals surface area contributed by atoms with E-state index in [1.165, 1.54) is 4.90 Å². The minimum absolute atomic E-state index is 0.379. The summed E-state index contributed by atoms with van der Waals surface area (Å²) < 4.78 is 2.26. The number of hydrogen-bond acceptors (Lipinski definition) is 3. The molecule has 0 radical (unpaired) electrons. The summed E-state index contributed by atoms with van der Waals surface area (Å²) >= 11 is 9.74. The molecule has 1 fully saturated rings. The molecule has 1 aliphatic rings. The lowest BCUT2D eigenvalue weighted by Crippen LogP contribution is -2.13. The van der Waals surface area contributed by atoms with Gasteiger partial charge in [-0.05, 0) is 23.9 Å². The lowest BCUT2D eigenvalue weighted by atomic mass is 10.4. The molecular formula is C9H10ClNS2. The zero-order chi connectivity index (χ0) is 9.10. The van der Waals surface area contributed by atoms with Crippen LogP contribution in [0.3, 0.4) is 0 Å². The van der Waals surface area contributed by atoms with Crippen LogP contribution in [-0.4, -0.2) is 21.4 Å². The van der Waals surface area contributed by atoms with Crippen LogP contribution in [0.1, 0.15) is 0 Å². The normalized spacial score (nSPS) is 23.6. The van der Waals surface area contributed by atoms with Crippen LogP contribution >= 0.6 is 35.3 Å². The van der Waals surface area contributed by atoms with Crippen molar-refractivity contribution in [2.45, 2.75) is 9.60 Å². The Kier molecular flexibility index (Phi) is 3.44. The molecule has 1 heterocycles. The Hall–Kier alpha value is 0.170. The molecule has 0 bridgehead atoms. The number of rotatable bonds is 2. The summed E-state index contributed by atoms with van der Waals surface area (Å²) in [5.41, 5.74) is 0. The average molecular weight is 232 g/mol. The molecule has 1 unspecified atom stereocenters. The lowest BCUT2D eigenvalue weighted by molar-refractivity contribution is 0.566. The van der Waals surface area contributed by atoms with Gasteiger partial charge in [0.1, 0.15) is 4.71 Å². The number of thioether (sulfide) groups is 2. The van der Waals surface area contributed by atoms with E-state index in [9.17, 15) is 0 Å². The van der Waals surface area contributed by atoms with Crippen LogP contribution in [0.5, 0.6) is 0 Å². The number of halogens is 1.